The van der Waals surface area contributed by atoms with Crippen LogP contribution in [0.4, 0.5) is 0 Å². The van der Waals surface area contributed by atoms with Gasteiger partial charge in [-0.15, -0.1) is 0 Å². The summed E-state index contributed by atoms with van der Waals surface area (Å²) in [6.45, 7) is 0. The zero-order valence-electron chi connectivity index (χ0n) is 15.7. The molecule has 2 bridgehead atoms. The highest BCUT2D eigenvalue weighted by Gasteiger charge is 2.35. The Morgan fingerprint density at radius 1 is 1.07 bits per heavy atom. The van der Waals surface area contributed by atoms with Crippen LogP contribution in [0.2, 0.25) is 0 Å². The molecule has 0 aromatic heterocycles. The number of nitrogens with two attached hydrogens (primary N) is 1. The van der Waals surface area contributed by atoms with E-state index in [1.54, 1.807) is 12.3 Å². The molecule has 0 fully saturated rings. The average molecular weight is 384 g/mol. The Morgan fingerprint density at radius 3 is 2.72 bits per heavy atom. The Balaban J connectivity index is 1.62. The van der Waals surface area contributed by atoms with Crippen molar-refractivity contribution in [3.05, 3.63) is 89.5 Å². The quantitative estimate of drug-likeness (QED) is 0.803. The van der Waals surface area contributed by atoms with Crippen LogP contribution in [0.25, 0.3) is 6.08 Å². The molecule has 6 heteroatoms. The minimum absolute atomic E-state index is 0.207. The molecule has 5 rings (SSSR count). The van der Waals surface area contributed by atoms with Gasteiger partial charge in [-0.1, -0.05) is 54.6 Å². The fraction of sp³-hybridized carbons (Fsp3) is 0.130. The normalized spacial score (nSPS) is 20.6. The van der Waals surface area contributed by atoms with Gasteiger partial charge in [0, 0.05) is 42.6 Å². The number of fused-ring (bicyclic) bond motifs is 5. The van der Waals surface area contributed by atoms with Gasteiger partial charge in [-0.3, -0.25) is 9.79 Å². The van der Waals surface area contributed by atoms with E-state index in [1.807, 2.05) is 36.4 Å². The number of primary amides is 1. The predicted octanol–water partition coefficient (Wildman–Crippen LogP) is 3.49. The first-order valence-corrected chi connectivity index (χ1v) is 9.33. The molecule has 1 aromatic carbocycles. The van der Waals surface area contributed by atoms with Crippen LogP contribution in [0.1, 0.15) is 24.0 Å². The van der Waals surface area contributed by atoms with Gasteiger partial charge in [0.1, 0.15) is 11.5 Å². The van der Waals surface area contributed by atoms with Crippen LogP contribution in [0.5, 0.6) is 0 Å². The van der Waals surface area contributed by atoms with Crippen LogP contribution < -0.4 is 5.73 Å². The number of aliphatic imine (C=N–C) groups is 3. The molecule has 0 spiro atoms. The lowest BCUT2D eigenvalue weighted by Gasteiger charge is -2.25. The van der Waals surface area contributed by atoms with Crippen LogP contribution in [-0.2, 0) is 9.53 Å². The van der Waals surface area contributed by atoms with E-state index in [-0.39, 0.29) is 11.9 Å². The van der Waals surface area contributed by atoms with Crippen LogP contribution in [0.3, 0.4) is 0 Å². The Kier molecular flexibility index (Phi) is 5.42. The zero-order valence-corrected chi connectivity index (χ0v) is 15.7. The number of hydrogen-bond donors (Lipinski definition) is 1. The van der Waals surface area contributed by atoms with Crippen molar-refractivity contribution >= 4 is 29.6 Å². The second-order valence-electron chi connectivity index (χ2n) is 6.59. The van der Waals surface area contributed by atoms with Crippen LogP contribution in [0, 0.1) is 0 Å². The molecule has 3 aliphatic heterocycles. The minimum Gasteiger partial charge on any atom is -0.472 e. The maximum absolute atomic E-state index is 11.7. The van der Waals surface area contributed by atoms with Gasteiger partial charge in [0.15, 0.2) is 6.23 Å². The van der Waals surface area contributed by atoms with Crippen molar-refractivity contribution < 1.29 is 9.53 Å². The third-order valence-corrected chi connectivity index (χ3v) is 4.53. The Hall–Kier alpha value is -3.80. The second-order valence-corrected chi connectivity index (χ2v) is 6.59. The summed E-state index contributed by atoms with van der Waals surface area (Å²) in [6, 6.07) is 8.14. The number of hydrogen-bond acceptors (Lipinski definition) is 5. The molecule has 1 atom stereocenters. The maximum atomic E-state index is 11.7. The summed E-state index contributed by atoms with van der Waals surface area (Å²) in [5.41, 5.74) is 9.61. The van der Waals surface area contributed by atoms with Gasteiger partial charge in [-0.2, -0.15) is 0 Å². The van der Waals surface area contributed by atoms with Crippen molar-refractivity contribution in [2.24, 2.45) is 20.7 Å². The van der Waals surface area contributed by atoms with Crippen molar-refractivity contribution in [3.8, 4) is 0 Å². The molecule has 1 amide bonds. The standard InChI is InChI=1S/C23H20N4O2/c24-23(28)22-18-14-20(18)29-21-15-19(27-21)17-10-6-5-9-16(17)8-4-2-1-3-7-11-25-12-13-26-22/h1-13,21H,14-15H2,(H2,24,28). The number of nitrogens with zero attached hydrogens (tertiary/aromatic N) is 3. The number of carbonyl (C=O) groups excluding carboxylic acids is 1. The number of rotatable bonds is 1. The van der Waals surface area contributed by atoms with E-state index in [0.717, 1.165) is 34.6 Å². The van der Waals surface area contributed by atoms with Gasteiger partial charge in [0.05, 0.1) is 5.71 Å². The van der Waals surface area contributed by atoms with Gasteiger partial charge < -0.3 is 10.5 Å². The molecule has 1 unspecified atom stereocenters. The lowest BCUT2D eigenvalue weighted by atomic mass is 9.96. The first kappa shape index (κ1) is 18.6. The molecule has 144 valence electrons. The highest BCUT2D eigenvalue weighted by atomic mass is 16.5. The van der Waals surface area contributed by atoms with Crippen molar-refractivity contribution in [2.75, 3.05) is 0 Å². The van der Waals surface area contributed by atoms with E-state index in [1.165, 1.54) is 12.4 Å². The highest BCUT2D eigenvalue weighted by Crippen LogP contribution is 2.37. The van der Waals surface area contributed by atoms with Crippen LogP contribution in [-0.4, -0.2) is 29.8 Å². The molecule has 0 saturated carbocycles. The molecule has 4 aliphatic rings. The lowest BCUT2D eigenvalue weighted by molar-refractivity contribution is -0.111. The Labute approximate surface area is 168 Å². The van der Waals surface area contributed by atoms with Gasteiger partial charge >= 0.3 is 0 Å². The molecular formula is C23H20N4O2. The lowest BCUT2D eigenvalue weighted by Crippen LogP contribution is -2.27. The molecule has 0 radical (unpaired) electrons. The van der Waals surface area contributed by atoms with Gasteiger partial charge in [0.25, 0.3) is 5.91 Å². The van der Waals surface area contributed by atoms with Crippen molar-refractivity contribution in [1.82, 2.24) is 0 Å². The Morgan fingerprint density at radius 2 is 1.86 bits per heavy atom. The number of benzene rings is 1. The first-order chi connectivity index (χ1) is 14.2. The van der Waals surface area contributed by atoms with E-state index < -0.39 is 5.91 Å². The monoisotopic (exact) mass is 384 g/mol. The number of ether oxygens (including phenoxy) is 1. The molecule has 6 nitrogen and oxygen atoms in total. The molecule has 1 aromatic rings. The third-order valence-electron chi connectivity index (χ3n) is 4.53. The van der Waals surface area contributed by atoms with Gasteiger partial charge in [-0.05, 0) is 11.6 Å². The summed E-state index contributed by atoms with van der Waals surface area (Å²) in [5.74, 6) is 0.140. The topological polar surface area (TPSA) is 89.4 Å². The SMILES string of the molecule is NC(=O)C1=NC=CN=CC=CC=CC=Cc2ccccc2C2=NC(C2)OC2=C1C2. The van der Waals surface area contributed by atoms with E-state index in [2.05, 4.69) is 33.2 Å². The molecule has 29 heavy (non-hydrogen) atoms. The van der Waals surface area contributed by atoms with Gasteiger partial charge in [0.2, 0.25) is 0 Å². The number of allylic oxidation sites excluding steroid dienone is 6. The summed E-state index contributed by atoms with van der Waals surface area (Å²) in [5, 5.41) is 0. The minimum atomic E-state index is -0.585. The summed E-state index contributed by atoms with van der Waals surface area (Å²) < 4.78 is 5.88. The highest BCUT2D eigenvalue weighted by molar-refractivity contribution is 6.46. The number of amides is 1. The van der Waals surface area contributed by atoms with Crippen LogP contribution in [0.15, 0.2) is 93.4 Å². The summed E-state index contributed by atoms with van der Waals surface area (Å²) in [7, 11) is 0. The molecule has 2 N–H and O–H groups in total. The summed E-state index contributed by atoms with van der Waals surface area (Å²) >= 11 is 0. The van der Waals surface area contributed by atoms with E-state index in [0.29, 0.717) is 6.42 Å². The fourth-order valence-corrected chi connectivity index (χ4v) is 3.02. The second kappa shape index (κ2) is 8.48. The largest absolute Gasteiger partial charge is 0.472 e. The average Bonchev–Trinajstić information content (AvgIpc) is 3.43. The molecule has 3 heterocycles. The summed E-state index contributed by atoms with van der Waals surface area (Å²) in [6.07, 6.45) is 17.2. The Bertz CT molecular complexity index is 1070. The van der Waals surface area contributed by atoms with Crippen molar-refractivity contribution in [1.29, 1.82) is 0 Å². The van der Waals surface area contributed by atoms with Crippen LogP contribution >= 0.6 is 0 Å². The third kappa shape index (κ3) is 4.55. The van der Waals surface area contributed by atoms with E-state index in [9.17, 15) is 4.79 Å². The maximum Gasteiger partial charge on any atom is 0.267 e. The van der Waals surface area contributed by atoms with Gasteiger partial charge in [-0.25, -0.2) is 9.98 Å². The first-order valence-electron chi connectivity index (χ1n) is 9.33. The zero-order chi connectivity index (χ0) is 20.1. The predicted molar refractivity (Wildman–Crippen MR) is 116 cm³/mol. The van der Waals surface area contributed by atoms with E-state index in [4.69, 9.17) is 10.5 Å². The molecular weight excluding hydrogens is 364 g/mol. The molecule has 0 saturated heterocycles. The summed E-state index contributed by atoms with van der Waals surface area (Å²) in [4.78, 5) is 24.5. The van der Waals surface area contributed by atoms with E-state index >= 15 is 0 Å². The van der Waals surface area contributed by atoms with Crippen molar-refractivity contribution in [2.45, 2.75) is 19.1 Å². The smallest absolute Gasteiger partial charge is 0.267 e. The fourth-order valence-electron chi connectivity index (χ4n) is 3.02. The number of carbonyl (C=O) groups is 1. The molecule has 1 aliphatic carbocycles. The van der Waals surface area contributed by atoms with Crippen molar-refractivity contribution in [3.63, 3.8) is 0 Å².